The van der Waals surface area contributed by atoms with Crippen molar-refractivity contribution in [2.24, 2.45) is 0 Å². The van der Waals surface area contributed by atoms with E-state index >= 15 is 0 Å². The molecule has 2 heteroatoms. The van der Waals surface area contributed by atoms with Crippen LogP contribution < -0.4 is 0 Å². The average Bonchev–Trinajstić information content (AvgIpc) is 3.66. The summed E-state index contributed by atoms with van der Waals surface area (Å²) in [5, 5.41) is 4.98. The lowest BCUT2D eigenvalue weighted by atomic mass is 9.80. The average molecular weight is 639 g/mol. The third-order valence-corrected chi connectivity index (χ3v) is 10.8. The van der Waals surface area contributed by atoms with E-state index in [-0.39, 0.29) is 5.41 Å². The predicted molar refractivity (Wildman–Crippen MR) is 210 cm³/mol. The van der Waals surface area contributed by atoms with Crippen molar-refractivity contribution >= 4 is 32.6 Å². The monoisotopic (exact) mass is 638 g/mol. The first-order chi connectivity index (χ1) is 24.6. The zero-order chi connectivity index (χ0) is 33.4. The second kappa shape index (κ2) is 10.9. The van der Waals surface area contributed by atoms with Crippen LogP contribution in [0.15, 0.2) is 170 Å². The van der Waals surface area contributed by atoms with E-state index in [1.165, 1.54) is 66.1 Å². The molecular weight excluding hydrogens is 605 g/mol. The van der Waals surface area contributed by atoms with Gasteiger partial charge in [-0.15, -0.1) is 0 Å². The van der Waals surface area contributed by atoms with Crippen LogP contribution in [0.2, 0.25) is 0 Å². The van der Waals surface area contributed by atoms with Crippen LogP contribution in [-0.4, -0.2) is 9.55 Å². The molecule has 0 amide bonds. The maximum atomic E-state index is 5.19. The van der Waals surface area contributed by atoms with Crippen molar-refractivity contribution in [2.75, 3.05) is 0 Å². The molecule has 1 aliphatic carbocycles. The van der Waals surface area contributed by atoms with Crippen LogP contribution in [0.3, 0.4) is 0 Å². The first-order valence-corrected chi connectivity index (χ1v) is 17.4. The second-order valence-electron chi connectivity index (χ2n) is 13.9. The van der Waals surface area contributed by atoms with Gasteiger partial charge in [-0.2, -0.15) is 0 Å². The molecule has 9 aromatic rings. The summed E-state index contributed by atoms with van der Waals surface area (Å²) in [6, 6.07) is 61.8. The lowest BCUT2D eigenvalue weighted by Crippen LogP contribution is -2.14. The summed E-state index contributed by atoms with van der Waals surface area (Å²) in [6.45, 7) is 4.72. The van der Waals surface area contributed by atoms with Gasteiger partial charge >= 0.3 is 0 Å². The molecule has 50 heavy (non-hydrogen) atoms. The minimum absolute atomic E-state index is 0.0730. The molecule has 2 nitrogen and oxygen atoms in total. The van der Waals surface area contributed by atoms with Crippen LogP contribution in [0.25, 0.3) is 83.0 Å². The first-order valence-electron chi connectivity index (χ1n) is 17.4. The fourth-order valence-corrected chi connectivity index (χ4v) is 8.52. The highest BCUT2D eigenvalue weighted by atomic mass is 15.1. The third-order valence-electron chi connectivity index (χ3n) is 10.8. The van der Waals surface area contributed by atoms with Gasteiger partial charge in [0.2, 0.25) is 0 Å². The fraction of sp³-hybridized carbons (Fsp3) is 0.0625. The molecular formula is C48H34N2. The molecule has 1 aromatic heterocycles. The van der Waals surface area contributed by atoms with Gasteiger partial charge in [0.25, 0.3) is 0 Å². The summed E-state index contributed by atoms with van der Waals surface area (Å²) < 4.78 is 2.34. The molecule has 1 heterocycles. The van der Waals surface area contributed by atoms with E-state index in [1.54, 1.807) is 0 Å². The topological polar surface area (TPSA) is 17.8 Å². The summed E-state index contributed by atoms with van der Waals surface area (Å²) >= 11 is 0. The van der Waals surface area contributed by atoms with Crippen molar-refractivity contribution in [3.8, 4) is 50.5 Å². The number of hydrogen-bond acceptors (Lipinski definition) is 1. The maximum absolute atomic E-state index is 5.19. The molecule has 10 rings (SSSR count). The minimum Gasteiger partial charge on any atom is -0.292 e. The molecule has 0 unspecified atom stereocenters. The lowest BCUT2D eigenvalue weighted by molar-refractivity contribution is 0.660. The van der Waals surface area contributed by atoms with Gasteiger partial charge in [0.15, 0.2) is 0 Å². The Morgan fingerprint density at radius 1 is 0.440 bits per heavy atom. The van der Waals surface area contributed by atoms with Crippen molar-refractivity contribution in [2.45, 2.75) is 19.3 Å². The van der Waals surface area contributed by atoms with E-state index in [2.05, 4.69) is 188 Å². The normalized spacial score (nSPS) is 13.2. The SMILES string of the molecule is CC1(C)c2ccccc2-c2ccc(-c3c4ccccc4c(-c4ccccc4-n4c(-c5ccccc5)nc5ccccc54)c4ccccc34)cc21. The number of nitrogens with zero attached hydrogens (tertiary/aromatic N) is 2. The molecule has 0 aliphatic heterocycles. The molecule has 0 N–H and O–H groups in total. The van der Waals surface area contributed by atoms with Crippen molar-refractivity contribution in [3.63, 3.8) is 0 Å². The highest BCUT2D eigenvalue weighted by Crippen LogP contribution is 2.51. The highest BCUT2D eigenvalue weighted by molar-refractivity contribution is 6.22. The molecule has 0 bridgehead atoms. The van der Waals surface area contributed by atoms with E-state index in [9.17, 15) is 0 Å². The van der Waals surface area contributed by atoms with E-state index in [0.717, 1.165) is 28.1 Å². The number of benzene rings is 8. The van der Waals surface area contributed by atoms with Crippen LogP contribution in [0, 0.1) is 0 Å². The largest absolute Gasteiger partial charge is 0.292 e. The fourth-order valence-electron chi connectivity index (χ4n) is 8.52. The number of fused-ring (bicyclic) bond motifs is 6. The molecule has 8 aromatic carbocycles. The van der Waals surface area contributed by atoms with Crippen molar-refractivity contribution in [3.05, 3.63) is 181 Å². The minimum atomic E-state index is -0.0730. The van der Waals surface area contributed by atoms with E-state index in [1.807, 2.05) is 0 Å². The molecule has 0 spiro atoms. The first kappa shape index (κ1) is 28.7. The predicted octanol–water partition coefficient (Wildman–Crippen LogP) is 12.6. The van der Waals surface area contributed by atoms with Gasteiger partial charge in [-0.1, -0.05) is 159 Å². The highest BCUT2D eigenvalue weighted by Gasteiger charge is 2.35. The number of hydrogen-bond donors (Lipinski definition) is 0. The summed E-state index contributed by atoms with van der Waals surface area (Å²) in [5.74, 6) is 0.936. The van der Waals surface area contributed by atoms with E-state index < -0.39 is 0 Å². The van der Waals surface area contributed by atoms with Crippen molar-refractivity contribution in [1.82, 2.24) is 9.55 Å². The Bertz CT molecular complexity index is 2730. The van der Waals surface area contributed by atoms with Crippen LogP contribution in [-0.2, 0) is 5.41 Å². The Morgan fingerprint density at radius 2 is 1.00 bits per heavy atom. The van der Waals surface area contributed by atoms with Gasteiger partial charge in [-0.25, -0.2) is 4.98 Å². The number of aromatic nitrogens is 2. The lowest BCUT2D eigenvalue weighted by Gasteiger charge is -2.23. The molecule has 236 valence electrons. The van der Waals surface area contributed by atoms with Crippen LogP contribution >= 0.6 is 0 Å². The summed E-state index contributed by atoms with van der Waals surface area (Å²) in [7, 11) is 0. The molecule has 0 radical (unpaired) electrons. The molecule has 0 saturated carbocycles. The number of para-hydroxylation sites is 3. The zero-order valence-electron chi connectivity index (χ0n) is 28.1. The Balaban J connectivity index is 1.27. The molecule has 0 saturated heterocycles. The third kappa shape index (κ3) is 4.12. The zero-order valence-corrected chi connectivity index (χ0v) is 28.1. The smallest absolute Gasteiger partial charge is 0.145 e. The number of rotatable bonds is 4. The maximum Gasteiger partial charge on any atom is 0.145 e. The Labute approximate surface area is 291 Å². The van der Waals surface area contributed by atoms with Gasteiger partial charge < -0.3 is 0 Å². The van der Waals surface area contributed by atoms with Gasteiger partial charge in [0, 0.05) is 16.5 Å². The summed E-state index contributed by atoms with van der Waals surface area (Å²) in [4.78, 5) is 5.19. The van der Waals surface area contributed by atoms with Gasteiger partial charge in [0.1, 0.15) is 5.82 Å². The second-order valence-corrected chi connectivity index (χ2v) is 13.9. The molecule has 0 fully saturated rings. The Kier molecular flexibility index (Phi) is 6.25. The standard InChI is InChI=1S/C48H34N2/c1-48(2)40-24-12-10-18-33(40)34-29-28-32(30-41(34)48)45-35-19-6-8-21-37(35)46(38-22-9-7-20-36(38)45)39-23-11-14-26-43(39)50-44-27-15-13-25-42(44)49-47(50)31-16-4-3-5-17-31/h3-30H,1-2H3. The van der Waals surface area contributed by atoms with E-state index in [4.69, 9.17) is 4.98 Å². The number of imidazole rings is 1. The van der Waals surface area contributed by atoms with Crippen molar-refractivity contribution < 1.29 is 0 Å². The Hall–Kier alpha value is -6.25. The van der Waals surface area contributed by atoms with E-state index in [0.29, 0.717) is 0 Å². The molecule has 1 aliphatic rings. The van der Waals surface area contributed by atoms with Crippen LogP contribution in [0.4, 0.5) is 0 Å². The Morgan fingerprint density at radius 3 is 1.74 bits per heavy atom. The summed E-state index contributed by atoms with van der Waals surface area (Å²) in [5.41, 5.74) is 14.6. The molecule has 0 atom stereocenters. The summed E-state index contributed by atoms with van der Waals surface area (Å²) in [6.07, 6.45) is 0. The van der Waals surface area contributed by atoms with Gasteiger partial charge in [-0.05, 0) is 84.8 Å². The van der Waals surface area contributed by atoms with Gasteiger partial charge in [-0.3, -0.25) is 4.57 Å². The quantitative estimate of drug-likeness (QED) is 0.175. The van der Waals surface area contributed by atoms with Crippen LogP contribution in [0.1, 0.15) is 25.0 Å². The van der Waals surface area contributed by atoms with Crippen LogP contribution in [0.5, 0.6) is 0 Å². The van der Waals surface area contributed by atoms with Crippen molar-refractivity contribution in [1.29, 1.82) is 0 Å². The van der Waals surface area contributed by atoms with Gasteiger partial charge in [0.05, 0.1) is 16.7 Å².